The third kappa shape index (κ3) is 3.66. The van der Waals surface area contributed by atoms with Gasteiger partial charge in [-0.05, 0) is 36.6 Å². The number of aryl methyl sites for hydroxylation is 2. The highest BCUT2D eigenvalue weighted by Gasteiger charge is 2.15. The third-order valence-corrected chi connectivity index (χ3v) is 4.10. The van der Waals surface area contributed by atoms with E-state index in [9.17, 15) is 14.4 Å². The van der Waals surface area contributed by atoms with Gasteiger partial charge >= 0.3 is 5.97 Å². The summed E-state index contributed by atoms with van der Waals surface area (Å²) in [4.78, 5) is 35.8. The van der Waals surface area contributed by atoms with Crippen LogP contribution in [0.15, 0.2) is 48.7 Å². The standard InChI is InChI=1S/C19H19N3O4/c1-13-10-14-6-3-4-7-15(14)22(13)11-18(24)26-12-17(23)20-19(25)16-8-5-9-21(16)2/h3-10H,11-12H2,1-2H3,(H,20,23,25). The summed E-state index contributed by atoms with van der Waals surface area (Å²) in [5.74, 6) is -1.75. The second-order valence-corrected chi connectivity index (χ2v) is 5.97. The van der Waals surface area contributed by atoms with Crippen molar-refractivity contribution in [2.24, 2.45) is 7.05 Å². The predicted octanol–water partition coefficient (Wildman–Crippen LogP) is 1.79. The number of carbonyl (C=O) groups excluding carboxylic acids is 3. The van der Waals surface area contributed by atoms with E-state index < -0.39 is 24.4 Å². The Kier molecular flexibility index (Phi) is 4.88. The molecule has 0 aliphatic heterocycles. The van der Waals surface area contributed by atoms with Crippen LogP contribution in [0.5, 0.6) is 0 Å². The number of aromatic nitrogens is 2. The van der Waals surface area contributed by atoms with Crippen molar-refractivity contribution in [2.45, 2.75) is 13.5 Å². The molecule has 0 aliphatic carbocycles. The summed E-state index contributed by atoms with van der Waals surface area (Å²) in [7, 11) is 1.70. The van der Waals surface area contributed by atoms with E-state index in [1.165, 1.54) is 0 Å². The van der Waals surface area contributed by atoms with Crippen molar-refractivity contribution in [1.29, 1.82) is 0 Å². The molecule has 1 aromatic carbocycles. The van der Waals surface area contributed by atoms with Crippen LogP contribution in [0.3, 0.4) is 0 Å². The molecule has 0 fully saturated rings. The van der Waals surface area contributed by atoms with Crippen molar-refractivity contribution < 1.29 is 19.1 Å². The Balaban J connectivity index is 1.55. The van der Waals surface area contributed by atoms with Crippen molar-refractivity contribution in [2.75, 3.05) is 6.61 Å². The Labute approximate surface area is 150 Å². The minimum absolute atomic E-state index is 0.00160. The highest BCUT2D eigenvalue weighted by atomic mass is 16.5. The monoisotopic (exact) mass is 353 g/mol. The highest BCUT2D eigenvalue weighted by Crippen LogP contribution is 2.19. The molecular weight excluding hydrogens is 334 g/mol. The van der Waals surface area contributed by atoms with Crippen LogP contribution in [-0.2, 0) is 27.9 Å². The zero-order valence-corrected chi connectivity index (χ0v) is 14.6. The lowest BCUT2D eigenvalue weighted by molar-refractivity contribution is -0.148. The number of imide groups is 1. The van der Waals surface area contributed by atoms with Crippen LogP contribution in [0.25, 0.3) is 10.9 Å². The van der Waals surface area contributed by atoms with Gasteiger partial charge in [0, 0.05) is 24.5 Å². The third-order valence-electron chi connectivity index (χ3n) is 4.10. The minimum atomic E-state index is -0.668. The van der Waals surface area contributed by atoms with Gasteiger partial charge in [0.05, 0.1) is 0 Å². The number of nitrogens with one attached hydrogen (secondary N) is 1. The highest BCUT2D eigenvalue weighted by molar-refractivity contribution is 6.04. The van der Waals surface area contributed by atoms with Gasteiger partial charge in [0.1, 0.15) is 12.2 Å². The van der Waals surface area contributed by atoms with Gasteiger partial charge < -0.3 is 13.9 Å². The predicted molar refractivity (Wildman–Crippen MR) is 95.5 cm³/mol. The molecule has 2 aromatic heterocycles. The van der Waals surface area contributed by atoms with Gasteiger partial charge in [-0.25, -0.2) is 0 Å². The van der Waals surface area contributed by atoms with E-state index in [0.717, 1.165) is 16.6 Å². The lowest BCUT2D eigenvalue weighted by atomic mass is 10.2. The van der Waals surface area contributed by atoms with Gasteiger partial charge in [0.25, 0.3) is 11.8 Å². The van der Waals surface area contributed by atoms with Crippen LogP contribution >= 0.6 is 0 Å². The number of rotatable bonds is 5. The zero-order chi connectivity index (χ0) is 18.7. The number of para-hydroxylation sites is 1. The summed E-state index contributed by atoms with van der Waals surface area (Å²) in [6, 6.07) is 13.0. The van der Waals surface area contributed by atoms with E-state index >= 15 is 0 Å². The number of hydrogen-bond donors (Lipinski definition) is 1. The average Bonchev–Trinajstić information content (AvgIpc) is 3.17. The first-order valence-corrected chi connectivity index (χ1v) is 8.11. The van der Waals surface area contributed by atoms with Gasteiger partial charge in [-0.15, -0.1) is 0 Å². The fourth-order valence-corrected chi connectivity index (χ4v) is 2.80. The number of esters is 1. The quantitative estimate of drug-likeness (QED) is 0.709. The van der Waals surface area contributed by atoms with Crippen molar-refractivity contribution in [3.05, 3.63) is 60.0 Å². The molecule has 0 radical (unpaired) electrons. The molecule has 0 saturated carbocycles. The summed E-state index contributed by atoms with van der Waals surface area (Å²) in [6.45, 7) is 1.39. The Hall–Kier alpha value is -3.35. The molecule has 2 amide bonds. The lowest BCUT2D eigenvalue weighted by Crippen LogP contribution is -2.35. The molecule has 2 heterocycles. The first-order chi connectivity index (χ1) is 12.5. The lowest BCUT2D eigenvalue weighted by Gasteiger charge is -2.09. The molecule has 26 heavy (non-hydrogen) atoms. The largest absolute Gasteiger partial charge is 0.454 e. The number of carbonyl (C=O) groups is 3. The number of benzene rings is 1. The molecule has 7 nitrogen and oxygen atoms in total. The molecule has 0 saturated heterocycles. The molecule has 3 aromatic rings. The first kappa shape index (κ1) is 17.5. The van der Waals surface area contributed by atoms with Crippen molar-refractivity contribution in [3.8, 4) is 0 Å². The summed E-state index contributed by atoms with van der Waals surface area (Å²) < 4.78 is 8.41. The van der Waals surface area contributed by atoms with E-state index in [4.69, 9.17) is 4.74 Å². The fourth-order valence-electron chi connectivity index (χ4n) is 2.80. The maximum absolute atomic E-state index is 12.1. The Morgan fingerprint density at radius 3 is 2.62 bits per heavy atom. The molecule has 0 unspecified atom stereocenters. The molecule has 0 bridgehead atoms. The smallest absolute Gasteiger partial charge is 0.326 e. The first-order valence-electron chi connectivity index (χ1n) is 8.11. The SMILES string of the molecule is Cc1cc2ccccc2n1CC(=O)OCC(=O)NC(=O)c1cccn1C. The molecule has 3 rings (SSSR count). The number of nitrogens with zero attached hydrogens (tertiary/aromatic N) is 2. The Bertz CT molecular complexity index is 984. The Morgan fingerprint density at radius 2 is 1.88 bits per heavy atom. The molecule has 7 heteroatoms. The van der Waals surface area contributed by atoms with Crippen LogP contribution < -0.4 is 5.32 Å². The second-order valence-electron chi connectivity index (χ2n) is 5.97. The fraction of sp³-hybridized carbons (Fsp3) is 0.211. The Morgan fingerprint density at radius 1 is 1.12 bits per heavy atom. The number of ether oxygens (including phenoxy) is 1. The molecule has 0 aliphatic rings. The van der Waals surface area contributed by atoms with Gasteiger partial charge in [0.15, 0.2) is 6.61 Å². The topological polar surface area (TPSA) is 82.3 Å². The van der Waals surface area contributed by atoms with E-state index in [2.05, 4.69) is 5.32 Å². The summed E-state index contributed by atoms with van der Waals surface area (Å²) in [5, 5.41) is 3.23. The summed E-state index contributed by atoms with van der Waals surface area (Å²) in [5.41, 5.74) is 2.19. The van der Waals surface area contributed by atoms with E-state index in [-0.39, 0.29) is 6.54 Å². The van der Waals surface area contributed by atoms with E-state index in [1.807, 2.05) is 41.8 Å². The van der Waals surface area contributed by atoms with E-state index in [0.29, 0.717) is 5.69 Å². The molecule has 0 spiro atoms. The van der Waals surface area contributed by atoms with Gasteiger partial charge in [0.2, 0.25) is 0 Å². The van der Waals surface area contributed by atoms with Crippen LogP contribution in [-0.4, -0.2) is 33.5 Å². The van der Waals surface area contributed by atoms with Crippen LogP contribution in [0.1, 0.15) is 16.2 Å². The van der Waals surface area contributed by atoms with Crippen LogP contribution in [0.2, 0.25) is 0 Å². The molecule has 134 valence electrons. The van der Waals surface area contributed by atoms with Gasteiger partial charge in [-0.1, -0.05) is 18.2 Å². The second kappa shape index (κ2) is 7.26. The van der Waals surface area contributed by atoms with Crippen molar-refractivity contribution in [3.63, 3.8) is 0 Å². The zero-order valence-electron chi connectivity index (χ0n) is 14.6. The van der Waals surface area contributed by atoms with Gasteiger partial charge in [-0.2, -0.15) is 0 Å². The normalized spacial score (nSPS) is 10.7. The maximum Gasteiger partial charge on any atom is 0.326 e. The summed E-state index contributed by atoms with van der Waals surface area (Å²) in [6.07, 6.45) is 1.70. The number of hydrogen-bond acceptors (Lipinski definition) is 4. The maximum atomic E-state index is 12.1. The summed E-state index contributed by atoms with van der Waals surface area (Å²) >= 11 is 0. The van der Waals surface area contributed by atoms with Crippen molar-refractivity contribution >= 4 is 28.7 Å². The van der Waals surface area contributed by atoms with Crippen molar-refractivity contribution in [1.82, 2.24) is 14.5 Å². The van der Waals surface area contributed by atoms with Crippen LogP contribution in [0, 0.1) is 6.92 Å². The average molecular weight is 353 g/mol. The van der Waals surface area contributed by atoms with Crippen LogP contribution in [0.4, 0.5) is 0 Å². The number of fused-ring (bicyclic) bond motifs is 1. The van der Waals surface area contributed by atoms with Gasteiger partial charge in [-0.3, -0.25) is 19.7 Å². The van der Waals surface area contributed by atoms with E-state index in [1.54, 1.807) is 29.9 Å². The molecule has 0 atom stereocenters. The number of amides is 2. The molecular formula is C19H19N3O4. The minimum Gasteiger partial charge on any atom is -0.454 e. The molecule has 1 N–H and O–H groups in total.